The smallest absolute Gasteiger partial charge is 0.308 e. The van der Waals surface area contributed by atoms with Crippen LogP contribution in [0.4, 0.5) is 0 Å². The molecule has 264 valence electrons. The third-order valence-corrected chi connectivity index (χ3v) is 11.7. The number of benzene rings is 3. The van der Waals surface area contributed by atoms with Crippen LogP contribution in [-0.4, -0.2) is 70.9 Å². The van der Waals surface area contributed by atoms with Crippen molar-refractivity contribution in [2.45, 2.75) is 82.4 Å². The van der Waals surface area contributed by atoms with Gasteiger partial charge >= 0.3 is 5.97 Å². The average molecular weight is 677 g/mol. The average Bonchev–Trinajstić information content (AvgIpc) is 3.72. The van der Waals surface area contributed by atoms with Gasteiger partial charge in [-0.25, -0.2) is 4.68 Å². The molecule has 3 aliphatic rings. The van der Waals surface area contributed by atoms with E-state index in [0.717, 1.165) is 99.4 Å². The molecule has 2 saturated heterocycles. The van der Waals surface area contributed by atoms with Gasteiger partial charge in [-0.1, -0.05) is 92.1 Å². The zero-order valence-corrected chi connectivity index (χ0v) is 29.7. The van der Waals surface area contributed by atoms with Crippen molar-refractivity contribution in [2.75, 3.05) is 39.8 Å². The minimum absolute atomic E-state index is 0.0861. The predicted molar refractivity (Wildman–Crippen MR) is 197 cm³/mol. The van der Waals surface area contributed by atoms with Gasteiger partial charge in [0.25, 0.3) is 5.56 Å². The second kappa shape index (κ2) is 15.4. The maximum atomic E-state index is 13.6. The Bertz CT molecular complexity index is 1750. The standard InChI is InChI=1S/C42H52N4O4/c1-31-40(34-14-8-4-9-15-34)41(48)46(43-31)36-20-24-44(25-21-36)27-35-28-45(29-38(35)33-12-6-3-7-13-33)42(22-10-5-11-23-42)26-39(47)50-30-32-16-18-37(49-2)19-17-32/h3-4,6-9,12-19,35-36,38,43H,5,10-11,20-30H2,1-2H3. The number of H-pyrrole nitrogens is 1. The molecule has 3 aromatic carbocycles. The molecule has 1 N–H and O–H groups in total. The molecule has 8 heteroatoms. The van der Waals surface area contributed by atoms with Crippen molar-refractivity contribution < 1.29 is 14.3 Å². The lowest BCUT2D eigenvalue weighted by molar-refractivity contribution is -0.149. The molecule has 2 unspecified atom stereocenters. The SMILES string of the molecule is COc1ccc(COC(=O)CC2(N3CC(CN4CCC(n5[nH]c(C)c(-c6ccccc6)c5=O)CC4)C(c4ccccc4)C3)CCCCC2)cc1. The molecule has 1 saturated carbocycles. The first-order chi connectivity index (χ1) is 24.4. The first kappa shape index (κ1) is 34.3. The van der Waals surface area contributed by atoms with Crippen molar-refractivity contribution in [3.8, 4) is 16.9 Å². The number of hydrogen-bond acceptors (Lipinski definition) is 6. The minimum Gasteiger partial charge on any atom is -0.497 e. The third kappa shape index (κ3) is 7.47. The van der Waals surface area contributed by atoms with Gasteiger partial charge in [0, 0.05) is 49.9 Å². The zero-order valence-electron chi connectivity index (χ0n) is 29.7. The highest BCUT2D eigenvalue weighted by Crippen LogP contribution is 2.44. The highest BCUT2D eigenvalue weighted by Gasteiger charge is 2.47. The number of esters is 1. The van der Waals surface area contributed by atoms with E-state index in [1.54, 1.807) is 7.11 Å². The minimum atomic E-state index is -0.160. The number of ether oxygens (including phenoxy) is 2. The summed E-state index contributed by atoms with van der Waals surface area (Å²) in [7, 11) is 1.65. The third-order valence-electron chi connectivity index (χ3n) is 11.7. The molecule has 50 heavy (non-hydrogen) atoms. The van der Waals surface area contributed by atoms with Crippen LogP contribution in [0.25, 0.3) is 11.1 Å². The van der Waals surface area contributed by atoms with Gasteiger partial charge in [0.05, 0.1) is 25.1 Å². The number of hydrogen-bond donors (Lipinski definition) is 1. The quantitative estimate of drug-likeness (QED) is 0.168. The lowest BCUT2D eigenvalue weighted by Gasteiger charge is -2.44. The molecule has 3 fully saturated rings. The Morgan fingerprint density at radius 1 is 0.880 bits per heavy atom. The van der Waals surface area contributed by atoms with E-state index >= 15 is 0 Å². The first-order valence-corrected chi connectivity index (χ1v) is 18.6. The number of piperidine rings is 1. The van der Waals surface area contributed by atoms with Crippen LogP contribution < -0.4 is 10.3 Å². The van der Waals surface area contributed by atoms with Gasteiger partial charge < -0.3 is 14.4 Å². The van der Waals surface area contributed by atoms with Gasteiger partial charge in [-0.2, -0.15) is 0 Å². The van der Waals surface area contributed by atoms with Crippen LogP contribution in [0, 0.1) is 12.8 Å². The Labute approximate surface area is 296 Å². The van der Waals surface area contributed by atoms with E-state index in [9.17, 15) is 9.59 Å². The summed E-state index contributed by atoms with van der Waals surface area (Å²) in [5, 5.41) is 3.42. The number of nitrogens with one attached hydrogen (secondary N) is 1. The van der Waals surface area contributed by atoms with Gasteiger partial charge in [0.2, 0.25) is 0 Å². The summed E-state index contributed by atoms with van der Waals surface area (Å²) in [6.07, 6.45) is 7.96. The Morgan fingerprint density at radius 2 is 1.56 bits per heavy atom. The molecule has 8 nitrogen and oxygen atoms in total. The lowest BCUT2D eigenvalue weighted by atomic mass is 9.78. The Hall–Kier alpha value is -4.14. The second-order valence-corrected chi connectivity index (χ2v) is 14.8. The predicted octanol–water partition coefficient (Wildman–Crippen LogP) is 7.35. The summed E-state index contributed by atoms with van der Waals surface area (Å²) >= 11 is 0. The van der Waals surface area contributed by atoms with Gasteiger partial charge in [0.1, 0.15) is 12.4 Å². The van der Waals surface area contributed by atoms with Crippen LogP contribution in [-0.2, 0) is 16.1 Å². The van der Waals surface area contributed by atoms with E-state index in [1.807, 2.05) is 66.2 Å². The number of rotatable bonds is 11. The number of carbonyl (C=O) groups is 1. The normalized spacial score (nSPS) is 21.6. The number of likely N-dealkylation sites (tertiary alicyclic amines) is 2. The lowest BCUT2D eigenvalue weighted by Crippen LogP contribution is -2.51. The molecule has 1 aliphatic carbocycles. The molecule has 2 aliphatic heterocycles. The number of aromatic amines is 1. The number of aryl methyl sites for hydroxylation is 1. The highest BCUT2D eigenvalue weighted by atomic mass is 16.5. The van der Waals surface area contributed by atoms with Crippen molar-refractivity contribution in [1.29, 1.82) is 0 Å². The summed E-state index contributed by atoms with van der Waals surface area (Å²) in [5.41, 5.74) is 4.98. The Kier molecular flexibility index (Phi) is 10.6. The van der Waals surface area contributed by atoms with Gasteiger partial charge in [-0.3, -0.25) is 19.6 Å². The number of nitrogens with zero attached hydrogens (tertiary/aromatic N) is 3. The summed E-state index contributed by atoms with van der Waals surface area (Å²) in [6.45, 7) is 7.20. The maximum Gasteiger partial charge on any atom is 0.308 e. The fraction of sp³-hybridized carbons (Fsp3) is 0.476. The molecule has 4 aromatic rings. The van der Waals surface area contributed by atoms with Crippen molar-refractivity contribution >= 4 is 5.97 Å². The number of methoxy groups -OCH3 is 1. The highest BCUT2D eigenvalue weighted by molar-refractivity contribution is 5.71. The Morgan fingerprint density at radius 3 is 2.24 bits per heavy atom. The van der Waals surface area contributed by atoms with E-state index in [4.69, 9.17) is 9.47 Å². The van der Waals surface area contributed by atoms with Gasteiger partial charge in [-0.15, -0.1) is 0 Å². The van der Waals surface area contributed by atoms with Crippen LogP contribution in [0.3, 0.4) is 0 Å². The second-order valence-electron chi connectivity index (χ2n) is 14.8. The van der Waals surface area contributed by atoms with Crippen LogP contribution >= 0.6 is 0 Å². The van der Waals surface area contributed by atoms with Gasteiger partial charge in [-0.05, 0) is 67.3 Å². The fourth-order valence-electron chi connectivity index (χ4n) is 9.00. The van der Waals surface area contributed by atoms with Crippen LogP contribution in [0.5, 0.6) is 5.75 Å². The number of aromatic nitrogens is 2. The molecule has 0 radical (unpaired) electrons. The summed E-state index contributed by atoms with van der Waals surface area (Å²) < 4.78 is 13.1. The number of carbonyl (C=O) groups excluding carboxylic acids is 1. The summed E-state index contributed by atoms with van der Waals surface area (Å²) in [5.74, 6) is 1.56. The van der Waals surface area contributed by atoms with E-state index < -0.39 is 0 Å². The van der Waals surface area contributed by atoms with Crippen molar-refractivity contribution in [3.05, 3.63) is 112 Å². The van der Waals surface area contributed by atoms with E-state index in [1.165, 1.54) is 12.0 Å². The van der Waals surface area contributed by atoms with Crippen molar-refractivity contribution in [3.63, 3.8) is 0 Å². The molecule has 0 spiro atoms. The summed E-state index contributed by atoms with van der Waals surface area (Å²) in [4.78, 5) is 32.3. The monoisotopic (exact) mass is 676 g/mol. The molecule has 0 bridgehead atoms. The van der Waals surface area contributed by atoms with Gasteiger partial charge in [0.15, 0.2) is 0 Å². The molecule has 7 rings (SSSR count). The van der Waals surface area contributed by atoms with Crippen molar-refractivity contribution in [2.24, 2.45) is 5.92 Å². The molecule has 1 aromatic heterocycles. The molecular formula is C42H52N4O4. The maximum absolute atomic E-state index is 13.6. The van der Waals surface area contributed by atoms with Crippen LogP contribution in [0.15, 0.2) is 89.7 Å². The largest absolute Gasteiger partial charge is 0.497 e. The summed E-state index contributed by atoms with van der Waals surface area (Å²) in [6, 6.07) is 28.9. The van der Waals surface area contributed by atoms with Crippen LogP contribution in [0.2, 0.25) is 0 Å². The molecule has 2 atom stereocenters. The Balaban J connectivity index is 1.03. The van der Waals surface area contributed by atoms with E-state index in [0.29, 0.717) is 18.3 Å². The van der Waals surface area contributed by atoms with E-state index in [2.05, 4.69) is 45.2 Å². The molecular weight excluding hydrogens is 624 g/mol. The van der Waals surface area contributed by atoms with Crippen LogP contribution in [0.1, 0.15) is 80.1 Å². The first-order valence-electron chi connectivity index (χ1n) is 18.6. The topological polar surface area (TPSA) is 79.8 Å². The van der Waals surface area contributed by atoms with Crippen molar-refractivity contribution in [1.82, 2.24) is 19.6 Å². The molecule has 3 heterocycles. The fourth-order valence-corrected chi connectivity index (χ4v) is 9.00. The molecule has 0 amide bonds. The van der Waals surface area contributed by atoms with E-state index in [-0.39, 0.29) is 29.7 Å². The zero-order chi connectivity index (χ0) is 34.5.